The van der Waals surface area contributed by atoms with Crippen molar-refractivity contribution in [3.05, 3.63) is 59.7 Å². The van der Waals surface area contributed by atoms with Gasteiger partial charge in [0.25, 0.3) is 0 Å². The first-order valence-corrected chi connectivity index (χ1v) is 14.2. The Hall–Kier alpha value is -2.65. The number of methoxy groups -OCH3 is 1. The Morgan fingerprint density at radius 1 is 1.15 bits per heavy atom. The molecule has 8 nitrogen and oxygen atoms in total. The number of amides is 2. The fourth-order valence-electron chi connectivity index (χ4n) is 5.53. The molecular formula is C31H47N3O5. The van der Waals surface area contributed by atoms with Crippen molar-refractivity contribution in [2.24, 2.45) is 5.92 Å². The predicted molar refractivity (Wildman–Crippen MR) is 154 cm³/mol. The highest BCUT2D eigenvalue weighted by Crippen LogP contribution is 2.44. The molecule has 0 aromatic heterocycles. The van der Waals surface area contributed by atoms with Gasteiger partial charge in [0.2, 0.25) is 0 Å². The summed E-state index contributed by atoms with van der Waals surface area (Å²) in [6.45, 7) is 4.19. The monoisotopic (exact) mass is 541 g/mol. The summed E-state index contributed by atoms with van der Waals surface area (Å²) in [7, 11) is 5.51. The summed E-state index contributed by atoms with van der Waals surface area (Å²) in [5.41, 5.74) is 0.666. The number of carbonyl (C=O) groups excluding carboxylic acids is 1. The number of hydrogen-bond acceptors (Lipinski definition) is 6. The quantitative estimate of drug-likeness (QED) is 0.307. The van der Waals surface area contributed by atoms with Gasteiger partial charge in [-0.2, -0.15) is 0 Å². The van der Waals surface area contributed by atoms with Gasteiger partial charge in [0.1, 0.15) is 11.5 Å². The van der Waals surface area contributed by atoms with E-state index in [-0.39, 0.29) is 24.6 Å². The molecule has 2 aromatic rings. The molecule has 3 rings (SSSR count). The minimum atomic E-state index is -1.19. The van der Waals surface area contributed by atoms with Gasteiger partial charge in [-0.1, -0.05) is 43.3 Å². The number of benzene rings is 2. The van der Waals surface area contributed by atoms with Crippen molar-refractivity contribution in [2.75, 3.05) is 54.1 Å². The number of hydrogen-bond donors (Lipinski definition) is 3. The number of nitrogens with zero attached hydrogens (tertiary/aromatic N) is 2. The molecule has 0 saturated carbocycles. The maximum Gasteiger partial charge on any atom is 0.317 e. The molecule has 2 amide bonds. The van der Waals surface area contributed by atoms with Crippen LogP contribution in [0.4, 0.5) is 4.79 Å². The highest BCUT2D eigenvalue weighted by atomic mass is 16.5. The summed E-state index contributed by atoms with van der Waals surface area (Å²) in [6.07, 6.45) is 4.58. The van der Waals surface area contributed by atoms with E-state index in [2.05, 4.69) is 18.3 Å². The highest BCUT2D eigenvalue weighted by molar-refractivity contribution is 5.74. The number of likely N-dealkylation sites (tertiary alicyclic amines) is 1. The molecule has 8 heteroatoms. The molecule has 0 spiro atoms. The molecule has 0 radical (unpaired) electrons. The molecule has 1 fully saturated rings. The SMILES string of the molecule is CCc1ccccc1Oc1ccccc1[C@](O)(CCCCOC)[C@@H]1CCCN(C(=O)N[C@@H](CO)CN(C)C)C1. The number of urea groups is 1. The molecule has 39 heavy (non-hydrogen) atoms. The van der Waals surface area contributed by atoms with Crippen LogP contribution in [0.3, 0.4) is 0 Å². The molecule has 1 heterocycles. The van der Waals surface area contributed by atoms with Crippen LogP contribution in [-0.4, -0.2) is 86.1 Å². The van der Waals surface area contributed by atoms with E-state index in [1.54, 1.807) is 12.0 Å². The number of unbranched alkanes of at least 4 members (excludes halogenated alkanes) is 1. The molecule has 3 atom stereocenters. The molecule has 1 aliphatic heterocycles. The third-order valence-corrected chi connectivity index (χ3v) is 7.60. The second-order valence-electron chi connectivity index (χ2n) is 10.8. The van der Waals surface area contributed by atoms with Crippen molar-refractivity contribution in [3.8, 4) is 11.5 Å². The molecule has 2 aromatic carbocycles. The largest absolute Gasteiger partial charge is 0.457 e. The van der Waals surface area contributed by atoms with Gasteiger partial charge in [0.05, 0.1) is 18.2 Å². The Balaban J connectivity index is 1.89. The summed E-state index contributed by atoms with van der Waals surface area (Å²) in [5.74, 6) is 1.25. The standard InChI is InChI=1S/C31H47N3O5/c1-5-24-13-6-8-16-28(24)39-29-17-9-7-15-27(29)31(37,18-10-11-20-38-4)25-14-12-19-34(21-25)30(36)32-26(23-35)22-33(2)3/h6-9,13,15-17,25-26,35,37H,5,10-12,14,18-23H2,1-4H3,(H,32,36)/t25-,26-,31+/m1/s1. The van der Waals surface area contributed by atoms with Gasteiger partial charge >= 0.3 is 6.03 Å². The Morgan fingerprint density at radius 3 is 2.56 bits per heavy atom. The minimum absolute atomic E-state index is 0.130. The fraction of sp³-hybridized carbons (Fsp3) is 0.581. The van der Waals surface area contributed by atoms with Crippen LogP contribution >= 0.6 is 0 Å². The number of nitrogens with one attached hydrogen (secondary N) is 1. The molecule has 1 saturated heterocycles. The van der Waals surface area contributed by atoms with Crippen LogP contribution in [0.2, 0.25) is 0 Å². The van der Waals surface area contributed by atoms with Crippen LogP contribution in [0, 0.1) is 5.92 Å². The van der Waals surface area contributed by atoms with Gasteiger partial charge in [0.15, 0.2) is 0 Å². The normalized spacial score (nSPS) is 18.0. The molecular weight excluding hydrogens is 494 g/mol. The predicted octanol–water partition coefficient (Wildman–Crippen LogP) is 4.39. The maximum absolute atomic E-state index is 13.2. The zero-order chi connectivity index (χ0) is 28.3. The number of aliphatic hydroxyl groups is 2. The number of para-hydroxylation sites is 2. The molecule has 216 valence electrons. The van der Waals surface area contributed by atoms with E-state index < -0.39 is 5.60 Å². The maximum atomic E-state index is 13.2. The third kappa shape index (κ3) is 8.42. The number of aliphatic hydroxyl groups excluding tert-OH is 1. The summed E-state index contributed by atoms with van der Waals surface area (Å²) in [6, 6.07) is 15.2. The van der Waals surface area contributed by atoms with Crippen molar-refractivity contribution in [3.63, 3.8) is 0 Å². The average Bonchev–Trinajstić information content (AvgIpc) is 2.95. The van der Waals surface area contributed by atoms with Gasteiger partial charge < -0.3 is 34.8 Å². The van der Waals surface area contributed by atoms with E-state index in [0.29, 0.717) is 38.4 Å². The van der Waals surface area contributed by atoms with Crippen molar-refractivity contribution in [2.45, 2.75) is 57.1 Å². The van der Waals surface area contributed by atoms with Crippen LogP contribution in [0.5, 0.6) is 11.5 Å². The summed E-state index contributed by atoms with van der Waals surface area (Å²) >= 11 is 0. The average molecular weight is 542 g/mol. The first-order valence-electron chi connectivity index (χ1n) is 14.2. The van der Waals surface area contributed by atoms with Crippen molar-refractivity contribution < 1.29 is 24.5 Å². The van der Waals surface area contributed by atoms with E-state index >= 15 is 0 Å². The van der Waals surface area contributed by atoms with Crippen molar-refractivity contribution in [1.29, 1.82) is 0 Å². The molecule has 1 aliphatic rings. The topological polar surface area (TPSA) is 94.5 Å². The lowest BCUT2D eigenvalue weighted by molar-refractivity contribution is -0.0575. The summed E-state index contributed by atoms with van der Waals surface area (Å²) in [4.78, 5) is 16.9. The number of carbonyl (C=O) groups is 1. The van der Waals surface area contributed by atoms with E-state index in [9.17, 15) is 15.0 Å². The van der Waals surface area contributed by atoms with E-state index in [1.807, 2.05) is 61.5 Å². The van der Waals surface area contributed by atoms with Crippen LogP contribution in [0.25, 0.3) is 0 Å². The van der Waals surface area contributed by atoms with E-state index in [4.69, 9.17) is 9.47 Å². The molecule has 3 N–H and O–H groups in total. The first-order chi connectivity index (χ1) is 18.8. The minimum Gasteiger partial charge on any atom is -0.457 e. The van der Waals surface area contributed by atoms with Gasteiger partial charge in [-0.15, -0.1) is 0 Å². The van der Waals surface area contributed by atoms with Gasteiger partial charge in [-0.3, -0.25) is 0 Å². The molecule has 0 unspecified atom stereocenters. The van der Waals surface area contributed by atoms with Crippen molar-refractivity contribution >= 4 is 6.03 Å². The lowest BCUT2D eigenvalue weighted by atomic mass is 9.73. The Kier molecular flexibility index (Phi) is 12.1. The Bertz CT molecular complexity index is 1030. The van der Waals surface area contributed by atoms with Crippen molar-refractivity contribution in [1.82, 2.24) is 15.1 Å². The zero-order valence-electron chi connectivity index (χ0n) is 24.1. The van der Waals surface area contributed by atoms with Crippen LogP contribution in [0.1, 0.15) is 50.2 Å². The second kappa shape index (κ2) is 15.2. The van der Waals surface area contributed by atoms with E-state index in [1.165, 1.54) is 0 Å². The van der Waals surface area contributed by atoms with Gasteiger partial charge in [0, 0.05) is 44.8 Å². The summed E-state index contributed by atoms with van der Waals surface area (Å²) < 4.78 is 11.7. The Labute approximate surface area is 233 Å². The Morgan fingerprint density at radius 2 is 1.87 bits per heavy atom. The summed E-state index contributed by atoms with van der Waals surface area (Å²) in [5, 5.41) is 25.2. The smallest absolute Gasteiger partial charge is 0.317 e. The van der Waals surface area contributed by atoms with Gasteiger partial charge in [-0.05, 0) is 70.3 Å². The molecule has 0 bridgehead atoms. The first kappa shape index (κ1) is 30.9. The van der Waals surface area contributed by atoms with Gasteiger partial charge in [-0.25, -0.2) is 4.79 Å². The van der Waals surface area contributed by atoms with Crippen LogP contribution < -0.4 is 10.1 Å². The number of ether oxygens (including phenoxy) is 2. The number of piperidine rings is 1. The lowest BCUT2D eigenvalue weighted by Crippen LogP contribution is -2.54. The number of rotatable bonds is 14. The van der Waals surface area contributed by atoms with E-state index in [0.717, 1.165) is 49.0 Å². The van der Waals surface area contributed by atoms with Crippen LogP contribution in [0.15, 0.2) is 48.5 Å². The fourth-order valence-corrected chi connectivity index (χ4v) is 5.53. The second-order valence-corrected chi connectivity index (χ2v) is 10.8. The third-order valence-electron chi connectivity index (χ3n) is 7.60. The highest BCUT2D eigenvalue weighted by Gasteiger charge is 2.43. The lowest BCUT2D eigenvalue weighted by Gasteiger charge is -2.43. The number of aryl methyl sites for hydroxylation is 1. The number of likely N-dealkylation sites (N-methyl/N-ethyl adjacent to an activating group) is 1. The zero-order valence-corrected chi connectivity index (χ0v) is 24.1. The van der Waals surface area contributed by atoms with Crippen LogP contribution in [-0.2, 0) is 16.8 Å². The molecule has 0 aliphatic carbocycles.